The number of rotatable bonds is 4. The van der Waals surface area contributed by atoms with Crippen LogP contribution in [0.2, 0.25) is 11.0 Å². The Bertz CT molecular complexity index is 83.7. The van der Waals surface area contributed by atoms with Gasteiger partial charge in [-0.1, -0.05) is 0 Å². The molecular formula is C7H19GaN2. The fourth-order valence-corrected chi connectivity index (χ4v) is 1.94. The van der Waals surface area contributed by atoms with Crippen molar-refractivity contribution in [1.82, 2.24) is 8.51 Å². The Morgan fingerprint density at radius 2 is 1.50 bits per heavy atom. The summed E-state index contributed by atoms with van der Waals surface area (Å²) in [6.45, 7) is 2.44. The summed E-state index contributed by atoms with van der Waals surface area (Å²) in [5.41, 5.74) is 4.81. The summed E-state index contributed by atoms with van der Waals surface area (Å²) in [4.78, 5) is 2.24. The van der Waals surface area contributed by atoms with Gasteiger partial charge in [-0.3, -0.25) is 0 Å². The van der Waals surface area contributed by atoms with Crippen molar-refractivity contribution in [2.75, 3.05) is 34.2 Å². The molecule has 0 N–H and O–H groups in total. The summed E-state index contributed by atoms with van der Waals surface area (Å²) in [6.07, 6.45) is 0. The SMILES string of the molecule is CN(C)CC[N](C)[Ga]([CH3])[CH3]. The van der Waals surface area contributed by atoms with Crippen LogP contribution in [0, 0.1) is 0 Å². The second-order valence-electron chi connectivity index (χ2n) is 3.38. The summed E-state index contributed by atoms with van der Waals surface area (Å²) < 4.78 is 2.53. The Kier molecular flexibility index (Phi) is 5.53. The van der Waals surface area contributed by atoms with Crippen LogP contribution >= 0.6 is 0 Å². The molecule has 60 valence electrons. The Hall–Kier alpha value is 0.556. The van der Waals surface area contributed by atoms with Crippen molar-refractivity contribution >= 4 is 16.5 Å². The van der Waals surface area contributed by atoms with Gasteiger partial charge in [0.1, 0.15) is 0 Å². The Balaban J connectivity index is 3.30. The van der Waals surface area contributed by atoms with Crippen LogP contribution in [0.15, 0.2) is 0 Å². The molecule has 0 unspecified atom stereocenters. The van der Waals surface area contributed by atoms with Gasteiger partial charge in [-0.15, -0.1) is 0 Å². The third-order valence-corrected chi connectivity index (χ3v) is 6.02. The number of hydrogen-bond acceptors (Lipinski definition) is 2. The standard InChI is InChI=1S/C5H13N2.2CH3.Ga/c1-6-4-5-7(2)3;;;/h4-5H2,1-3H3;2*1H3;/q-1;;;+1. The molecule has 0 saturated carbocycles. The predicted molar refractivity (Wildman–Crippen MR) is 48.7 cm³/mol. The Labute approximate surface area is 70.5 Å². The molecule has 0 spiro atoms. The first kappa shape index (κ1) is 10.6. The van der Waals surface area contributed by atoms with Gasteiger partial charge in [0.25, 0.3) is 0 Å². The molecule has 0 aliphatic rings. The molecule has 2 nitrogen and oxygen atoms in total. The molecular weight excluding hydrogens is 182 g/mol. The van der Waals surface area contributed by atoms with Gasteiger partial charge in [0, 0.05) is 0 Å². The fourth-order valence-electron chi connectivity index (χ4n) is 0.616. The molecule has 0 aromatic rings. The van der Waals surface area contributed by atoms with Gasteiger partial charge in [0.15, 0.2) is 0 Å². The number of likely N-dealkylation sites (N-methyl/N-ethyl adjacent to an activating group) is 2. The van der Waals surface area contributed by atoms with E-state index in [4.69, 9.17) is 0 Å². The van der Waals surface area contributed by atoms with Crippen LogP contribution in [0.4, 0.5) is 0 Å². The van der Waals surface area contributed by atoms with E-state index >= 15 is 0 Å². The van der Waals surface area contributed by atoms with Crippen molar-refractivity contribution in [3.63, 3.8) is 0 Å². The first-order valence-electron chi connectivity index (χ1n) is 3.89. The maximum atomic E-state index is 2.53. The normalized spacial score (nSPS) is 11.1. The van der Waals surface area contributed by atoms with Gasteiger partial charge in [-0.05, 0) is 0 Å². The van der Waals surface area contributed by atoms with Crippen molar-refractivity contribution < 1.29 is 0 Å². The summed E-state index contributed by atoms with van der Waals surface area (Å²) in [6, 6.07) is 0. The molecule has 0 aromatic heterocycles. The zero-order valence-electron chi connectivity index (χ0n) is 7.89. The topological polar surface area (TPSA) is 6.48 Å². The zero-order valence-corrected chi connectivity index (χ0v) is 10.3. The summed E-state index contributed by atoms with van der Waals surface area (Å²) in [7, 11) is 6.50. The van der Waals surface area contributed by atoms with E-state index in [1.165, 1.54) is 13.1 Å². The van der Waals surface area contributed by atoms with Gasteiger partial charge < -0.3 is 0 Å². The molecule has 0 rings (SSSR count). The molecule has 0 amide bonds. The Morgan fingerprint density at radius 1 is 1.00 bits per heavy atom. The van der Waals surface area contributed by atoms with Crippen molar-refractivity contribution in [2.45, 2.75) is 11.0 Å². The molecule has 0 aliphatic heterocycles. The first-order chi connectivity index (χ1) is 4.54. The second kappa shape index (κ2) is 5.24. The molecule has 0 fully saturated rings. The summed E-state index contributed by atoms with van der Waals surface area (Å²) >= 11 is -0.931. The molecule has 0 atom stereocenters. The quantitative estimate of drug-likeness (QED) is 0.618. The predicted octanol–water partition coefficient (Wildman–Crippen LogP) is 0.731. The zero-order chi connectivity index (χ0) is 8.15. The van der Waals surface area contributed by atoms with Crippen LogP contribution in [0.3, 0.4) is 0 Å². The molecule has 0 saturated heterocycles. The molecule has 3 heteroatoms. The second-order valence-corrected chi connectivity index (χ2v) is 9.82. The van der Waals surface area contributed by atoms with Crippen molar-refractivity contribution in [1.29, 1.82) is 0 Å². The molecule has 0 bridgehead atoms. The van der Waals surface area contributed by atoms with Gasteiger partial charge >= 0.3 is 70.2 Å². The van der Waals surface area contributed by atoms with Gasteiger partial charge in [-0.25, -0.2) is 0 Å². The van der Waals surface area contributed by atoms with Crippen LogP contribution in [-0.4, -0.2) is 59.2 Å². The van der Waals surface area contributed by atoms with E-state index in [1.54, 1.807) is 0 Å². The first-order valence-corrected chi connectivity index (χ1v) is 9.82. The molecule has 0 radical (unpaired) electrons. The van der Waals surface area contributed by atoms with Gasteiger partial charge in [-0.2, -0.15) is 0 Å². The van der Waals surface area contributed by atoms with E-state index in [2.05, 4.69) is 40.6 Å². The third kappa shape index (κ3) is 5.35. The average molecular weight is 201 g/mol. The van der Waals surface area contributed by atoms with E-state index in [1.807, 2.05) is 0 Å². The Morgan fingerprint density at radius 3 is 1.80 bits per heavy atom. The van der Waals surface area contributed by atoms with Gasteiger partial charge in [0.2, 0.25) is 0 Å². The minimum atomic E-state index is -0.931. The molecule has 0 heterocycles. The van der Waals surface area contributed by atoms with E-state index in [0.29, 0.717) is 0 Å². The van der Waals surface area contributed by atoms with E-state index in [9.17, 15) is 0 Å². The maximum absolute atomic E-state index is 2.53. The molecule has 0 aromatic carbocycles. The van der Waals surface area contributed by atoms with E-state index < -0.39 is 16.5 Å². The van der Waals surface area contributed by atoms with E-state index in [0.717, 1.165) is 0 Å². The van der Waals surface area contributed by atoms with Crippen molar-refractivity contribution in [2.24, 2.45) is 0 Å². The average Bonchev–Trinajstić information content (AvgIpc) is 1.82. The van der Waals surface area contributed by atoms with Crippen molar-refractivity contribution in [3.05, 3.63) is 0 Å². The van der Waals surface area contributed by atoms with Crippen LogP contribution in [0.1, 0.15) is 0 Å². The monoisotopic (exact) mass is 200 g/mol. The number of hydrogen-bond donors (Lipinski definition) is 0. The van der Waals surface area contributed by atoms with Crippen LogP contribution < -0.4 is 0 Å². The summed E-state index contributed by atoms with van der Waals surface area (Å²) in [5.74, 6) is 0. The van der Waals surface area contributed by atoms with Crippen LogP contribution in [-0.2, 0) is 0 Å². The number of nitrogens with zero attached hydrogens (tertiary/aromatic N) is 2. The molecule has 0 aliphatic carbocycles. The van der Waals surface area contributed by atoms with Gasteiger partial charge in [0.05, 0.1) is 0 Å². The minimum absolute atomic E-state index is 0.931. The molecule has 10 heavy (non-hydrogen) atoms. The summed E-state index contributed by atoms with van der Waals surface area (Å²) in [5, 5.41) is 0. The van der Waals surface area contributed by atoms with Crippen LogP contribution in [0.25, 0.3) is 0 Å². The third-order valence-electron chi connectivity index (χ3n) is 1.78. The van der Waals surface area contributed by atoms with Crippen molar-refractivity contribution in [3.8, 4) is 0 Å². The van der Waals surface area contributed by atoms with Crippen LogP contribution in [0.5, 0.6) is 0 Å². The fraction of sp³-hybridized carbons (Fsp3) is 1.00. The van der Waals surface area contributed by atoms with E-state index in [-0.39, 0.29) is 0 Å².